The monoisotopic (exact) mass is 375 g/mol. The zero-order valence-electron chi connectivity index (χ0n) is 15.7. The Labute approximate surface area is 163 Å². The van der Waals surface area contributed by atoms with Crippen LogP contribution in [0.25, 0.3) is 11.3 Å². The molecule has 1 aromatic heterocycles. The number of aromatic nitrogens is 2. The van der Waals surface area contributed by atoms with Gasteiger partial charge in [-0.2, -0.15) is 5.10 Å². The van der Waals surface area contributed by atoms with E-state index in [1.54, 1.807) is 12.1 Å². The lowest BCUT2D eigenvalue weighted by atomic mass is 10.0. The third-order valence-corrected chi connectivity index (χ3v) is 5.48. The summed E-state index contributed by atoms with van der Waals surface area (Å²) in [4.78, 5) is 15.0. The second-order valence-corrected chi connectivity index (χ2v) is 7.12. The predicted molar refractivity (Wildman–Crippen MR) is 105 cm³/mol. The van der Waals surface area contributed by atoms with E-state index in [-0.39, 0.29) is 12.7 Å². The van der Waals surface area contributed by atoms with Crippen molar-refractivity contribution in [3.8, 4) is 22.8 Å². The Morgan fingerprint density at radius 2 is 1.79 bits per heavy atom. The second-order valence-electron chi connectivity index (χ2n) is 7.12. The maximum Gasteiger partial charge on any atom is 0.254 e. The van der Waals surface area contributed by atoms with Crippen LogP contribution >= 0.6 is 0 Å². The molecule has 142 valence electrons. The van der Waals surface area contributed by atoms with Gasteiger partial charge in [0, 0.05) is 48.9 Å². The number of benzene rings is 2. The third-order valence-electron chi connectivity index (χ3n) is 5.48. The van der Waals surface area contributed by atoms with Crippen LogP contribution in [0.5, 0.6) is 11.5 Å². The molecule has 0 radical (unpaired) electrons. The minimum Gasteiger partial charge on any atom is -0.454 e. The molecule has 0 unspecified atom stereocenters. The highest BCUT2D eigenvalue weighted by Gasteiger charge is 2.26. The summed E-state index contributed by atoms with van der Waals surface area (Å²) in [5.74, 6) is 1.36. The molecule has 0 atom stereocenters. The molecule has 1 amide bonds. The van der Waals surface area contributed by atoms with Crippen molar-refractivity contribution in [2.45, 2.75) is 12.8 Å². The fourth-order valence-electron chi connectivity index (χ4n) is 4.02. The number of nitrogens with zero attached hydrogens (tertiary/aromatic N) is 3. The maximum atomic E-state index is 13.1. The number of carbonyl (C=O) groups excluding carboxylic acids is 1. The van der Waals surface area contributed by atoms with Crippen LogP contribution in [0, 0.1) is 0 Å². The standard InChI is InChI=1S/C22H21N3O3/c1-24-18-10-12-25(22(26)16-7-8-19-20(13-16)28-14-27-19)11-9-17(18)21(23-24)15-5-3-2-4-6-15/h2-8,13H,9-12,14H2,1H3. The zero-order chi connectivity index (χ0) is 19.1. The molecule has 0 aliphatic carbocycles. The van der Waals surface area contributed by atoms with E-state index in [4.69, 9.17) is 14.6 Å². The van der Waals surface area contributed by atoms with Crippen molar-refractivity contribution < 1.29 is 14.3 Å². The normalized spacial score (nSPS) is 15.2. The molecule has 2 aliphatic rings. The van der Waals surface area contributed by atoms with E-state index >= 15 is 0 Å². The van der Waals surface area contributed by atoms with Gasteiger partial charge in [-0.1, -0.05) is 30.3 Å². The lowest BCUT2D eigenvalue weighted by molar-refractivity contribution is 0.0762. The molecular weight excluding hydrogens is 354 g/mol. The molecule has 6 heteroatoms. The summed E-state index contributed by atoms with van der Waals surface area (Å²) < 4.78 is 12.7. The molecule has 0 saturated carbocycles. The average molecular weight is 375 g/mol. The van der Waals surface area contributed by atoms with Gasteiger partial charge in [-0.05, 0) is 24.6 Å². The van der Waals surface area contributed by atoms with Gasteiger partial charge >= 0.3 is 0 Å². The van der Waals surface area contributed by atoms with Gasteiger partial charge in [-0.25, -0.2) is 0 Å². The number of aryl methyl sites for hydroxylation is 1. The van der Waals surface area contributed by atoms with Crippen molar-refractivity contribution in [1.82, 2.24) is 14.7 Å². The van der Waals surface area contributed by atoms with Gasteiger partial charge in [-0.15, -0.1) is 0 Å². The number of amides is 1. The van der Waals surface area contributed by atoms with Crippen molar-refractivity contribution in [3.05, 3.63) is 65.4 Å². The fraction of sp³-hybridized carbons (Fsp3) is 0.273. The molecule has 6 nitrogen and oxygen atoms in total. The molecule has 28 heavy (non-hydrogen) atoms. The minimum atomic E-state index is 0.0281. The molecule has 0 saturated heterocycles. The highest BCUT2D eigenvalue weighted by molar-refractivity contribution is 5.95. The lowest BCUT2D eigenvalue weighted by Gasteiger charge is -2.20. The number of carbonyl (C=O) groups is 1. The van der Waals surface area contributed by atoms with Crippen LogP contribution in [-0.2, 0) is 19.9 Å². The predicted octanol–water partition coefficient (Wildman–Crippen LogP) is 3.06. The fourth-order valence-corrected chi connectivity index (χ4v) is 4.02. The summed E-state index contributed by atoms with van der Waals surface area (Å²) in [5, 5.41) is 4.75. The number of rotatable bonds is 2. The van der Waals surface area contributed by atoms with Gasteiger partial charge < -0.3 is 14.4 Å². The number of hydrogen-bond acceptors (Lipinski definition) is 4. The molecule has 3 aromatic rings. The third kappa shape index (κ3) is 2.81. The minimum absolute atomic E-state index is 0.0281. The summed E-state index contributed by atoms with van der Waals surface area (Å²) in [6.07, 6.45) is 1.59. The van der Waals surface area contributed by atoms with Gasteiger partial charge in [0.15, 0.2) is 11.5 Å². The maximum absolute atomic E-state index is 13.1. The molecular formula is C22H21N3O3. The summed E-state index contributed by atoms with van der Waals surface area (Å²) >= 11 is 0. The van der Waals surface area contributed by atoms with E-state index in [2.05, 4.69) is 12.1 Å². The van der Waals surface area contributed by atoms with Gasteiger partial charge in [0.1, 0.15) is 0 Å². The topological polar surface area (TPSA) is 56.6 Å². The van der Waals surface area contributed by atoms with E-state index in [9.17, 15) is 4.79 Å². The molecule has 2 aliphatic heterocycles. The molecule has 0 bridgehead atoms. The van der Waals surface area contributed by atoms with Crippen LogP contribution in [-0.4, -0.2) is 40.5 Å². The summed E-state index contributed by atoms with van der Waals surface area (Å²) in [5.41, 5.74) is 5.23. The average Bonchev–Trinajstić information content (AvgIpc) is 3.25. The van der Waals surface area contributed by atoms with Gasteiger partial charge in [-0.3, -0.25) is 9.48 Å². The van der Waals surface area contributed by atoms with E-state index in [0.29, 0.717) is 30.2 Å². The highest BCUT2D eigenvalue weighted by Crippen LogP contribution is 2.33. The first-order chi connectivity index (χ1) is 13.7. The van der Waals surface area contributed by atoms with E-state index in [1.807, 2.05) is 40.9 Å². The molecule has 0 spiro atoms. The van der Waals surface area contributed by atoms with Crippen LogP contribution in [0.4, 0.5) is 0 Å². The van der Waals surface area contributed by atoms with Crippen LogP contribution < -0.4 is 9.47 Å². The van der Waals surface area contributed by atoms with Crippen molar-refractivity contribution in [3.63, 3.8) is 0 Å². The van der Waals surface area contributed by atoms with Crippen LogP contribution in [0.15, 0.2) is 48.5 Å². The Hall–Kier alpha value is -3.28. The zero-order valence-corrected chi connectivity index (χ0v) is 15.7. The number of ether oxygens (including phenoxy) is 2. The summed E-state index contributed by atoms with van der Waals surface area (Å²) in [7, 11) is 1.99. The van der Waals surface area contributed by atoms with Crippen LogP contribution in [0.2, 0.25) is 0 Å². The van der Waals surface area contributed by atoms with Crippen molar-refractivity contribution in [2.24, 2.45) is 7.05 Å². The van der Waals surface area contributed by atoms with E-state index in [1.165, 1.54) is 11.3 Å². The van der Waals surface area contributed by atoms with E-state index < -0.39 is 0 Å². The second kappa shape index (κ2) is 6.71. The Balaban J connectivity index is 1.40. The Kier molecular flexibility index (Phi) is 4.04. The summed E-state index contributed by atoms with van der Waals surface area (Å²) in [6.45, 7) is 1.56. The first kappa shape index (κ1) is 16.9. The Bertz CT molecular complexity index is 1040. The largest absolute Gasteiger partial charge is 0.454 e. The van der Waals surface area contributed by atoms with Crippen molar-refractivity contribution >= 4 is 5.91 Å². The molecule has 0 N–H and O–H groups in total. The molecule has 2 aromatic carbocycles. The first-order valence-electron chi connectivity index (χ1n) is 9.50. The van der Waals surface area contributed by atoms with E-state index in [0.717, 1.165) is 24.1 Å². The number of fused-ring (bicyclic) bond motifs is 2. The first-order valence-corrected chi connectivity index (χ1v) is 9.50. The molecule has 3 heterocycles. The molecule has 0 fully saturated rings. The number of hydrogen-bond donors (Lipinski definition) is 0. The quantitative estimate of drug-likeness (QED) is 0.691. The molecule has 5 rings (SSSR count). The van der Waals surface area contributed by atoms with Crippen molar-refractivity contribution in [1.29, 1.82) is 0 Å². The smallest absolute Gasteiger partial charge is 0.254 e. The van der Waals surface area contributed by atoms with Crippen molar-refractivity contribution in [2.75, 3.05) is 19.9 Å². The SMILES string of the molecule is Cn1nc(-c2ccccc2)c2c1CCN(C(=O)c1ccc3c(c1)OCO3)CC2. The van der Waals surface area contributed by atoms with Crippen LogP contribution in [0.1, 0.15) is 21.6 Å². The van der Waals surface area contributed by atoms with Gasteiger partial charge in [0.2, 0.25) is 6.79 Å². The lowest BCUT2D eigenvalue weighted by Crippen LogP contribution is -2.33. The van der Waals surface area contributed by atoms with Gasteiger partial charge in [0.25, 0.3) is 5.91 Å². The Morgan fingerprint density at radius 1 is 1.00 bits per heavy atom. The van der Waals surface area contributed by atoms with Crippen LogP contribution in [0.3, 0.4) is 0 Å². The van der Waals surface area contributed by atoms with Gasteiger partial charge in [0.05, 0.1) is 5.69 Å². The summed E-state index contributed by atoms with van der Waals surface area (Å²) in [6, 6.07) is 15.6. The Morgan fingerprint density at radius 3 is 2.64 bits per heavy atom. The highest BCUT2D eigenvalue weighted by atomic mass is 16.7.